The fraction of sp³-hybridized carbons (Fsp3) is 0.438. The highest BCUT2D eigenvalue weighted by molar-refractivity contribution is 5.94. The summed E-state index contributed by atoms with van der Waals surface area (Å²) in [6.07, 6.45) is 2.46. The van der Waals surface area contributed by atoms with Gasteiger partial charge in [0.1, 0.15) is 5.82 Å². The molecule has 0 spiro atoms. The lowest BCUT2D eigenvalue weighted by molar-refractivity contribution is 0.0942. The van der Waals surface area contributed by atoms with Crippen molar-refractivity contribution < 1.29 is 9.18 Å². The maximum absolute atomic E-state index is 13.7. The van der Waals surface area contributed by atoms with Crippen LogP contribution in [-0.2, 0) is 0 Å². The lowest BCUT2D eigenvalue weighted by Crippen LogP contribution is -2.29. The molecule has 1 amide bonds. The van der Waals surface area contributed by atoms with E-state index in [1.807, 2.05) is 0 Å². The van der Waals surface area contributed by atoms with E-state index in [0.29, 0.717) is 23.9 Å². The first-order valence-electron chi connectivity index (χ1n) is 6.88. The van der Waals surface area contributed by atoms with Crippen molar-refractivity contribution in [3.05, 3.63) is 35.1 Å². The van der Waals surface area contributed by atoms with Crippen LogP contribution < -0.4 is 11.1 Å². The Bertz CT molecular complexity index is 555. The van der Waals surface area contributed by atoms with Crippen LogP contribution >= 0.6 is 0 Å². The van der Waals surface area contributed by atoms with Gasteiger partial charge in [0.25, 0.3) is 5.91 Å². The van der Waals surface area contributed by atoms with E-state index in [4.69, 9.17) is 5.73 Å². The first-order chi connectivity index (χ1) is 9.61. The van der Waals surface area contributed by atoms with Gasteiger partial charge in [0, 0.05) is 12.1 Å². The Morgan fingerprint density at radius 2 is 2.30 bits per heavy atom. The van der Waals surface area contributed by atoms with Gasteiger partial charge in [0.2, 0.25) is 0 Å². The van der Waals surface area contributed by atoms with Crippen LogP contribution in [-0.4, -0.2) is 19.0 Å². The van der Waals surface area contributed by atoms with Gasteiger partial charge in [0.05, 0.1) is 12.1 Å². The van der Waals surface area contributed by atoms with Gasteiger partial charge in [0.15, 0.2) is 0 Å². The van der Waals surface area contributed by atoms with Crippen LogP contribution in [0.3, 0.4) is 0 Å². The van der Waals surface area contributed by atoms with E-state index >= 15 is 0 Å². The van der Waals surface area contributed by atoms with Crippen molar-refractivity contribution in [2.24, 2.45) is 17.6 Å². The van der Waals surface area contributed by atoms with E-state index in [0.717, 1.165) is 0 Å². The molecule has 20 heavy (non-hydrogen) atoms. The number of rotatable bonds is 4. The Kier molecular flexibility index (Phi) is 4.75. The zero-order chi connectivity index (χ0) is 14.5. The molecule has 3 N–H and O–H groups in total. The third-order valence-electron chi connectivity index (χ3n) is 3.56. The standard InChI is InChI=1S/C16H19FN2O/c1-11(13-5-6-13)10-19-16(20)14-9-12(3-2-8-18)4-7-15(14)17/h4,7,9,11,13H,5-6,8,10,18H2,1H3,(H,19,20). The molecule has 3 nitrogen and oxygen atoms in total. The highest BCUT2D eigenvalue weighted by atomic mass is 19.1. The van der Waals surface area contributed by atoms with Crippen LogP contribution in [0.15, 0.2) is 18.2 Å². The second kappa shape index (κ2) is 6.53. The summed E-state index contributed by atoms with van der Waals surface area (Å²) in [5.74, 6) is 5.73. The minimum atomic E-state index is -0.528. The third-order valence-corrected chi connectivity index (χ3v) is 3.56. The van der Waals surface area contributed by atoms with Gasteiger partial charge in [-0.1, -0.05) is 18.8 Å². The number of amides is 1. The van der Waals surface area contributed by atoms with E-state index in [2.05, 4.69) is 24.1 Å². The molecule has 2 rings (SSSR count). The van der Waals surface area contributed by atoms with Crippen LogP contribution in [0.4, 0.5) is 4.39 Å². The number of carbonyl (C=O) groups is 1. The number of nitrogens with one attached hydrogen (secondary N) is 1. The minimum Gasteiger partial charge on any atom is -0.352 e. The molecule has 0 heterocycles. The summed E-state index contributed by atoms with van der Waals surface area (Å²) in [4.78, 5) is 12.0. The topological polar surface area (TPSA) is 55.1 Å². The van der Waals surface area contributed by atoms with E-state index in [9.17, 15) is 9.18 Å². The average molecular weight is 274 g/mol. The van der Waals surface area contributed by atoms with Crippen LogP contribution in [0.2, 0.25) is 0 Å². The molecule has 1 aliphatic rings. The van der Waals surface area contributed by atoms with Gasteiger partial charge in [-0.3, -0.25) is 4.79 Å². The molecule has 1 aliphatic carbocycles. The van der Waals surface area contributed by atoms with Gasteiger partial charge in [-0.05, 0) is 42.9 Å². The summed E-state index contributed by atoms with van der Waals surface area (Å²) in [5, 5.41) is 2.79. The predicted molar refractivity (Wildman–Crippen MR) is 76.6 cm³/mol. The Morgan fingerprint density at radius 1 is 1.55 bits per heavy atom. The van der Waals surface area contributed by atoms with Crippen LogP contribution in [0, 0.1) is 29.5 Å². The van der Waals surface area contributed by atoms with Gasteiger partial charge in [-0.2, -0.15) is 0 Å². The number of carbonyl (C=O) groups excluding carboxylic acids is 1. The average Bonchev–Trinajstić information content (AvgIpc) is 3.28. The van der Waals surface area contributed by atoms with Gasteiger partial charge < -0.3 is 11.1 Å². The summed E-state index contributed by atoms with van der Waals surface area (Å²) < 4.78 is 13.7. The van der Waals surface area contributed by atoms with Crippen molar-refractivity contribution in [2.45, 2.75) is 19.8 Å². The fourth-order valence-corrected chi connectivity index (χ4v) is 2.11. The summed E-state index contributed by atoms with van der Waals surface area (Å²) in [6, 6.07) is 4.27. The van der Waals surface area contributed by atoms with E-state index in [1.54, 1.807) is 6.07 Å². The van der Waals surface area contributed by atoms with Gasteiger partial charge in [-0.25, -0.2) is 4.39 Å². The number of hydrogen-bond acceptors (Lipinski definition) is 2. The van der Waals surface area contributed by atoms with Gasteiger partial charge >= 0.3 is 0 Å². The van der Waals surface area contributed by atoms with Gasteiger partial charge in [-0.15, -0.1) is 0 Å². The molecular formula is C16H19FN2O. The molecule has 4 heteroatoms. The predicted octanol–water partition coefficient (Wildman–Crippen LogP) is 1.91. The molecule has 0 bridgehead atoms. The lowest BCUT2D eigenvalue weighted by Gasteiger charge is -2.12. The Labute approximate surface area is 118 Å². The largest absolute Gasteiger partial charge is 0.352 e. The van der Waals surface area contributed by atoms with E-state index in [-0.39, 0.29) is 18.0 Å². The maximum atomic E-state index is 13.7. The van der Waals surface area contributed by atoms with Crippen molar-refractivity contribution in [1.82, 2.24) is 5.32 Å². The van der Waals surface area contributed by atoms with E-state index < -0.39 is 5.82 Å². The summed E-state index contributed by atoms with van der Waals surface area (Å²) in [7, 11) is 0. The second-order valence-electron chi connectivity index (χ2n) is 5.23. The Balaban J connectivity index is 2.03. The minimum absolute atomic E-state index is 0.0387. The number of hydrogen-bond donors (Lipinski definition) is 2. The molecule has 106 valence electrons. The monoisotopic (exact) mass is 274 g/mol. The molecule has 1 atom stereocenters. The highest BCUT2D eigenvalue weighted by Crippen LogP contribution is 2.36. The van der Waals surface area contributed by atoms with Crippen molar-refractivity contribution in [2.75, 3.05) is 13.1 Å². The molecule has 0 radical (unpaired) electrons. The summed E-state index contributed by atoms with van der Waals surface area (Å²) >= 11 is 0. The zero-order valence-corrected chi connectivity index (χ0v) is 11.6. The van der Waals surface area contributed by atoms with Crippen LogP contribution in [0.1, 0.15) is 35.7 Å². The number of benzene rings is 1. The first kappa shape index (κ1) is 14.5. The lowest BCUT2D eigenvalue weighted by atomic mass is 10.1. The molecule has 0 saturated heterocycles. The molecule has 0 aromatic heterocycles. The Morgan fingerprint density at radius 3 is 2.95 bits per heavy atom. The molecule has 1 fully saturated rings. The summed E-state index contributed by atoms with van der Waals surface area (Å²) in [5.41, 5.74) is 5.93. The van der Waals surface area contributed by atoms with Crippen LogP contribution in [0.25, 0.3) is 0 Å². The molecule has 1 saturated carbocycles. The normalized spacial score (nSPS) is 15.2. The van der Waals surface area contributed by atoms with Crippen molar-refractivity contribution in [1.29, 1.82) is 0 Å². The quantitative estimate of drug-likeness (QED) is 0.824. The number of halogens is 1. The van der Waals surface area contributed by atoms with E-state index in [1.165, 1.54) is 25.0 Å². The fourth-order valence-electron chi connectivity index (χ4n) is 2.11. The smallest absolute Gasteiger partial charge is 0.254 e. The van der Waals surface area contributed by atoms with Crippen molar-refractivity contribution in [3.63, 3.8) is 0 Å². The molecule has 1 aromatic rings. The van der Waals surface area contributed by atoms with Crippen molar-refractivity contribution in [3.8, 4) is 11.8 Å². The zero-order valence-electron chi connectivity index (χ0n) is 11.6. The molecule has 1 unspecified atom stereocenters. The Hall–Kier alpha value is -1.86. The molecule has 1 aromatic carbocycles. The molecule has 0 aliphatic heterocycles. The SMILES string of the molecule is CC(CNC(=O)c1cc(C#CCN)ccc1F)C1CC1. The van der Waals surface area contributed by atoms with Crippen molar-refractivity contribution >= 4 is 5.91 Å². The molecular weight excluding hydrogens is 255 g/mol. The maximum Gasteiger partial charge on any atom is 0.254 e. The highest BCUT2D eigenvalue weighted by Gasteiger charge is 2.28. The second-order valence-corrected chi connectivity index (χ2v) is 5.23. The number of nitrogens with two attached hydrogens (primary N) is 1. The van der Waals surface area contributed by atoms with Crippen LogP contribution in [0.5, 0.6) is 0 Å². The first-order valence-corrected chi connectivity index (χ1v) is 6.88. The summed E-state index contributed by atoms with van der Waals surface area (Å²) in [6.45, 7) is 2.93. The third kappa shape index (κ3) is 3.82.